The first kappa shape index (κ1) is 27.3. The number of nitrogens with zero attached hydrogens (tertiary/aromatic N) is 2. The first-order valence-corrected chi connectivity index (χ1v) is 14.0. The number of thioether (sulfide) groups is 1. The average molecular weight is 582 g/mol. The zero-order valence-electron chi connectivity index (χ0n) is 22.4. The molecule has 0 aliphatic carbocycles. The highest BCUT2D eigenvalue weighted by atomic mass is 79.9. The van der Waals surface area contributed by atoms with Gasteiger partial charge < -0.3 is 9.30 Å². The molecule has 1 aliphatic heterocycles. The Morgan fingerprint density at radius 3 is 2.32 bits per heavy atom. The van der Waals surface area contributed by atoms with Gasteiger partial charge in [-0.2, -0.15) is 0 Å². The van der Waals surface area contributed by atoms with E-state index >= 15 is 0 Å². The maximum atomic E-state index is 13.1. The van der Waals surface area contributed by atoms with Crippen molar-refractivity contribution in [3.8, 4) is 11.4 Å². The number of aryl methyl sites for hydroxylation is 4. The Balaban J connectivity index is 1.52. The van der Waals surface area contributed by atoms with Crippen LogP contribution in [0, 0.1) is 34.6 Å². The molecule has 1 saturated heterocycles. The molecule has 37 heavy (non-hydrogen) atoms. The summed E-state index contributed by atoms with van der Waals surface area (Å²) in [5, 5.41) is -0.263. The Hall–Kier alpha value is -2.77. The van der Waals surface area contributed by atoms with Crippen LogP contribution in [0.4, 0.5) is 4.79 Å². The largest absolute Gasteiger partial charge is 0.491 e. The fraction of sp³-hybridized carbons (Fsp3) is 0.333. The first-order chi connectivity index (χ1) is 17.5. The molecule has 2 heterocycles. The van der Waals surface area contributed by atoms with Crippen LogP contribution in [0.2, 0.25) is 0 Å². The normalized spacial score (nSPS) is 14.9. The molecule has 0 spiro atoms. The number of carbonyl (C=O) groups excluding carboxylic acids is 2. The van der Waals surface area contributed by atoms with Crippen molar-refractivity contribution in [2.45, 2.75) is 54.4 Å². The molecule has 2 amide bonds. The highest BCUT2D eigenvalue weighted by molar-refractivity contribution is 9.10. The maximum absolute atomic E-state index is 13.1. The van der Waals surface area contributed by atoms with Crippen LogP contribution in [0.3, 0.4) is 0 Å². The van der Waals surface area contributed by atoms with E-state index in [0.717, 1.165) is 55.7 Å². The van der Waals surface area contributed by atoms with Crippen molar-refractivity contribution in [2.75, 3.05) is 13.2 Å². The van der Waals surface area contributed by atoms with Gasteiger partial charge in [0.1, 0.15) is 12.4 Å². The molecule has 2 aromatic carbocycles. The van der Waals surface area contributed by atoms with E-state index < -0.39 is 0 Å². The van der Waals surface area contributed by atoms with Crippen LogP contribution in [0.15, 0.2) is 45.8 Å². The van der Waals surface area contributed by atoms with Gasteiger partial charge in [0.15, 0.2) is 0 Å². The molecule has 4 rings (SSSR count). The van der Waals surface area contributed by atoms with Crippen LogP contribution in [0.1, 0.15) is 59.0 Å². The van der Waals surface area contributed by atoms with Gasteiger partial charge in [-0.05, 0) is 110 Å². The van der Waals surface area contributed by atoms with Crippen molar-refractivity contribution in [3.05, 3.63) is 85.0 Å². The van der Waals surface area contributed by atoms with E-state index in [1.807, 2.05) is 26.0 Å². The molecule has 0 radical (unpaired) electrons. The van der Waals surface area contributed by atoms with E-state index in [4.69, 9.17) is 4.74 Å². The van der Waals surface area contributed by atoms with Crippen LogP contribution in [-0.4, -0.2) is 33.8 Å². The Morgan fingerprint density at radius 1 is 1.00 bits per heavy atom. The molecule has 0 saturated carbocycles. The summed E-state index contributed by atoms with van der Waals surface area (Å²) in [6.07, 6.45) is 1.83. The summed E-state index contributed by atoms with van der Waals surface area (Å²) in [5.41, 5.74) is 8.66. The number of carbonyl (C=O) groups is 2. The standard InChI is InChI=1S/C30H33BrN2O3S/c1-17(2)25-9-8-18(3)12-26(25)36-11-10-32-29(34)27(37-30(32)35)16-23-15-21(6)33(22(23)7)24-13-19(4)28(31)20(5)14-24/h8-9,12-17H,10-11H2,1-7H3/b27-16-. The lowest BCUT2D eigenvalue weighted by atomic mass is 10.0. The van der Waals surface area contributed by atoms with Crippen molar-refractivity contribution in [3.63, 3.8) is 0 Å². The second-order valence-electron chi connectivity index (χ2n) is 9.93. The third-order valence-corrected chi connectivity index (χ3v) is 8.83. The Kier molecular flexibility index (Phi) is 8.05. The maximum Gasteiger partial charge on any atom is 0.293 e. The predicted octanol–water partition coefficient (Wildman–Crippen LogP) is 8.02. The number of benzene rings is 2. The SMILES string of the molecule is Cc1ccc(C(C)C)c(OCCN2C(=O)S/C(=C\c3cc(C)n(-c4cc(C)c(Br)c(C)c4)c3C)C2=O)c1. The van der Waals surface area contributed by atoms with Crippen molar-refractivity contribution in [1.82, 2.24) is 9.47 Å². The van der Waals surface area contributed by atoms with Crippen LogP contribution in [0.25, 0.3) is 11.8 Å². The molecular weight excluding hydrogens is 548 g/mol. The van der Waals surface area contributed by atoms with E-state index in [1.54, 1.807) is 0 Å². The lowest BCUT2D eigenvalue weighted by molar-refractivity contribution is -0.123. The summed E-state index contributed by atoms with van der Waals surface area (Å²) >= 11 is 4.63. The first-order valence-electron chi connectivity index (χ1n) is 12.4. The molecule has 0 N–H and O–H groups in total. The topological polar surface area (TPSA) is 51.5 Å². The number of rotatable bonds is 7. The number of hydrogen-bond donors (Lipinski definition) is 0. The Bertz CT molecular complexity index is 1400. The van der Waals surface area contributed by atoms with Gasteiger partial charge in [0, 0.05) is 21.5 Å². The summed E-state index contributed by atoms with van der Waals surface area (Å²) in [6, 6.07) is 12.5. The predicted molar refractivity (Wildman–Crippen MR) is 156 cm³/mol. The lowest BCUT2D eigenvalue weighted by Gasteiger charge is -2.17. The third-order valence-electron chi connectivity index (χ3n) is 6.67. The molecule has 1 aromatic heterocycles. The Morgan fingerprint density at radius 2 is 1.68 bits per heavy atom. The van der Waals surface area contributed by atoms with Crippen LogP contribution in [0.5, 0.6) is 5.75 Å². The fourth-order valence-electron chi connectivity index (χ4n) is 4.71. The second kappa shape index (κ2) is 10.9. The zero-order valence-corrected chi connectivity index (χ0v) is 24.8. The molecule has 7 heteroatoms. The molecule has 3 aromatic rings. The summed E-state index contributed by atoms with van der Waals surface area (Å²) in [7, 11) is 0. The lowest BCUT2D eigenvalue weighted by Crippen LogP contribution is -2.32. The minimum Gasteiger partial charge on any atom is -0.491 e. The van der Waals surface area contributed by atoms with E-state index in [9.17, 15) is 9.59 Å². The number of hydrogen-bond acceptors (Lipinski definition) is 4. The van der Waals surface area contributed by atoms with Gasteiger partial charge >= 0.3 is 0 Å². The van der Waals surface area contributed by atoms with Gasteiger partial charge in [-0.1, -0.05) is 41.9 Å². The molecule has 5 nitrogen and oxygen atoms in total. The highest BCUT2D eigenvalue weighted by Gasteiger charge is 2.35. The third kappa shape index (κ3) is 5.58. The molecule has 0 unspecified atom stereocenters. The average Bonchev–Trinajstić information content (AvgIpc) is 3.25. The molecule has 194 valence electrons. The van der Waals surface area contributed by atoms with Crippen molar-refractivity contribution >= 4 is 44.9 Å². The minimum atomic E-state index is -0.271. The number of aromatic nitrogens is 1. The van der Waals surface area contributed by atoms with Crippen molar-refractivity contribution in [1.29, 1.82) is 0 Å². The molecule has 0 bridgehead atoms. The summed E-state index contributed by atoms with van der Waals surface area (Å²) < 4.78 is 9.32. The monoisotopic (exact) mass is 580 g/mol. The molecular formula is C30H33BrN2O3S. The van der Waals surface area contributed by atoms with Gasteiger partial charge in [-0.3, -0.25) is 14.5 Å². The van der Waals surface area contributed by atoms with Crippen molar-refractivity contribution in [2.24, 2.45) is 0 Å². The van der Waals surface area contributed by atoms with E-state index in [1.165, 1.54) is 16.0 Å². The van der Waals surface area contributed by atoms with Crippen LogP contribution < -0.4 is 4.74 Å². The van der Waals surface area contributed by atoms with Gasteiger partial charge in [-0.15, -0.1) is 0 Å². The quantitative estimate of drug-likeness (QED) is 0.265. The van der Waals surface area contributed by atoms with Gasteiger partial charge in [0.25, 0.3) is 11.1 Å². The summed E-state index contributed by atoms with van der Waals surface area (Å²) in [4.78, 5) is 27.6. The second-order valence-corrected chi connectivity index (χ2v) is 11.7. The number of amides is 2. The summed E-state index contributed by atoms with van der Waals surface area (Å²) in [6.45, 7) is 15.0. The molecule has 0 atom stereocenters. The Labute approximate surface area is 232 Å². The highest BCUT2D eigenvalue weighted by Crippen LogP contribution is 2.35. The minimum absolute atomic E-state index is 0.212. The van der Waals surface area contributed by atoms with E-state index in [0.29, 0.717) is 10.8 Å². The van der Waals surface area contributed by atoms with Crippen LogP contribution >= 0.6 is 27.7 Å². The summed E-state index contributed by atoms with van der Waals surface area (Å²) in [5.74, 6) is 0.857. The smallest absolute Gasteiger partial charge is 0.293 e. The zero-order chi connectivity index (χ0) is 27.0. The number of halogens is 1. The molecule has 1 fully saturated rings. The van der Waals surface area contributed by atoms with E-state index in [2.05, 4.69) is 85.4 Å². The van der Waals surface area contributed by atoms with Crippen LogP contribution in [-0.2, 0) is 4.79 Å². The van der Waals surface area contributed by atoms with Gasteiger partial charge in [-0.25, -0.2) is 0 Å². The van der Waals surface area contributed by atoms with Gasteiger partial charge in [0.2, 0.25) is 0 Å². The number of ether oxygens (including phenoxy) is 1. The van der Waals surface area contributed by atoms with Gasteiger partial charge in [0.05, 0.1) is 11.4 Å². The molecule has 1 aliphatic rings. The van der Waals surface area contributed by atoms with Crippen molar-refractivity contribution < 1.29 is 14.3 Å². The number of imide groups is 1. The fourth-order valence-corrected chi connectivity index (χ4v) is 5.79. The van der Waals surface area contributed by atoms with E-state index in [-0.39, 0.29) is 24.3 Å².